The van der Waals surface area contributed by atoms with E-state index in [0.717, 1.165) is 63.1 Å². The van der Waals surface area contributed by atoms with Gasteiger partial charge in [0.25, 0.3) is 5.91 Å². The van der Waals surface area contributed by atoms with E-state index in [0.29, 0.717) is 18.5 Å². The van der Waals surface area contributed by atoms with Crippen LogP contribution in [0.4, 0.5) is 5.69 Å². The fourth-order valence-electron chi connectivity index (χ4n) is 4.25. The molecule has 6 heteroatoms. The standard InChI is InChI=1S/C25H31N3O3/c29-23-12-15-27(16-13-23)18-20-6-4-19(5-7-20)17-26-25(31)21-8-10-22(11-9-21)28-14-2-1-3-24(28)30/h4-11,23,29H,1-3,12-18H2,(H,26,31). The Labute approximate surface area is 183 Å². The zero-order valence-electron chi connectivity index (χ0n) is 17.9. The number of hydrogen-bond acceptors (Lipinski definition) is 4. The number of likely N-dealkylation sites (tertiary alicyclic amines) is 1. The van der Waals surface area contributed by atoms with E-state index < -0.39 is 0 Å². The Kier molecular flexibility index (Phi) is 6.99. The fraction of sp³-hybridized carbons (Fsp3) is 0.440. The van der Waals surface area contributed by atoms with Crippen molar-refractivity contribution in [3.63, 3.8) is 0 Å². The van der Waals surface area contributed by atoms with Crippen LogP contribution in [0.2, 0.25) is 0 Å². The SMILES string of the molecule is O=C(NCc1ccc(CN2CCC(O)CC2)cc1)c1ccc(N2CCCCC2=O)cc1. The van der Waals surface area contributed by atoms with Crippen molar-refractivity contribution < 1.29 is 14.7 Å². The first-order valence-corrected chi connectivity index (χ1v) is 11.3. The topological polar surface area (TPSA) is 72.9 Å². The van der Waals surface area contributed by atoms with Crippen LogP contribution < -0.4 is 10.2 Å². The molecule has 4 rings (SSSR count). The van der Waals surface area contributed by atoms with E-state index in [1.807, 2.05) is 12.1 Å². The van der Waals surface area contributed by atoms with E-state index in [1.165, 1.54) is 5.56 Å². The third-order valence-corrected chi connectivity index (χ3v) is 6.20. The predicted octanol–water partition coefficient (Wildman–Crippen LogP) is 3.09. The number of nitrogens with one attached hydrogen (secondary N) is 1. The van der Waals surface area contributed by atoms with Crippen molar-refractivity contribution in [3.05, 3.63) is 65.2 Å². The summed E-state index contributed by atoms with van der Waals surface area (Å²) in [5.74, 6) is 0.0391. The first kappa shape index (κ1) is 21.5. The van der Waals surface area contributed by atoms with Gasteiger partial charge in [-0.05, 0) is 61.1 Å². The zero-order valence-corrected chi connectivity index (χ0v) is 17.9. The molecule has 0 spiro atoms. The van der Waals surface area contributed by atoms with Crippen LogP contribution in [0.3, 0.4) is 0 Å². The minimum atomic E-state index is -0.147. The summed E-state index contributed by atoms with van der Waals surface area (Å²) in [6.45, 7) is 3.99. The number of anilines is 1. The van der Waals surface area contributed by atoms with Gasteiger partial charge < -0.3 is 15.3 Å². The second-order valence-electron chi connectivity index (χ2n) is 8.56. The summed E-state index contributed by atoms with van der Waals surface area (Å²) in [6, 6.07) is 15.6. The van der Waals surface area contributed by atoms with Crippen LogP contribution in [-0.4, -0.2) is 47.6 Å². The molecule has 2 heterocycles. The second-order valence-corrected chi connectivity index (χ2v) is 8.56. The lowest BCUT2D eigenvalue weighted by atomic mass is 10.1. The van der Waals surface area contributed by atoms with Gasteiger partial charge in [0.2, 0.25) is 5.91 Å². The van der Waals surface area contributed by atoms with E-state index in [1.54, 1.807) is 17.0 Å². The molecular formula is C25H31N3O3. The lowest BCUT2D eigenvalue weighted by Crippen LogP contribution is -2.35. The number of benzene rings is 2. The molecule has 2 N–H and O–H groups in total. The van der Waals surface area contributed by atoms with Crippen molar-refractivity contribution in [2.24, 2.45) is 0 Å². The van der Waals surface area contributed by atoms with Gasteiger partial charge in [-0.25, -0.2) is 0 Å². The maximum atomic E-state index is 12.5. The number of piperidine rings is 2. The van der Waals surface area contributed by atoms with Crippen LogP contribution >= 0.6 is 0 Å². The quantitative estimate of drug-likeness (QED) is 0.752. The first-order valence-electron chi connectivity index (χ1n) is 11.3. The highest BCUT2D eigenvalue weighted by Gasteiger charge is 2.20. The van der Waals surface area contributed by atoms with Crippen molar-refractivity contribution in [1.29, 1.82) is 0 Å². The number of aliphatic hydroxyl groups excluding tert-OH is 1. The Bertz CT molecular complexity index is 887. The summed E-state index contributed by atoms with van der Waals surface area (Å²) >= 11 is 0. The third-order valence-electron chi connectivity index (χ3n) is 6.20. The van der Waals surface area contributed by atoms with Crippen LogP contribution in [0.15, 0.2) is 48.5 Å². The van der Waals surface area contributed by atoms with Gasteiger partial charge in [-0.15, -0.1) is 0 Å². The van der Waals surface area contributed by atoms with Crippen molar-refractivity contribution in [1.82, 2.24) is 10.2 Å². The lowest BCUT2D eigenvalue weighted by Gasteiger charge is -2.29. The molecule has 2 saturated heterocycles. The molecule has 2 fully saturated rings. The van der Waals surface area contributed by atoms with Crippen molar-refractivity contribution in [2.75, 3.05) is 24.5 Å². The Morgan fingerprint density at radius 3 is 2.29 bits per heavy atom. The monoisotopic (exact) mass is 421 g/mol. The van der Waals surface area contributed by atoms with Crippen molar-refractivity contribution >= 4 is 17.5 Å². The maximum Gasteiger partial charge on any atom is 0.251 e. The molecule has 2 aromatic rings. The van der Waals surface area contributed by atoms with E-state index in [9.17, 15) is 14.7 Å². The number of hydrogen-bond donors (Lipinski definition) is 2. The molecule has 2 aromatic carbocycles. The summed E-state index contributed by atoms with van der Waals surface area (Å²) in [5.41, 5.74) is 3.76. The highest BCUT2D eigenvalue weighted by molar-refractivity contribution is 5.96. The van der Waals surface area contributed by atoms with E-state index in [4.69, 9.17) is 0 Å². The molecule has 6 nitrogen and oxygen atoms in total. The fourth-order valence-corrected chi connectivity index (χ4v) is 4.25. The summed E-state index contributed by atoms with van der Waals surface area (Å²) < 4.78 is 0. The molecule has 31 heavy (non-hydrogen) atoms. The zero-order chi connectivity index (χ0) is 21.6. The molecule has 0 atom stereocenters. The van der Waals surface area contributed by atoms with Crippen LogP contribution in [0.25, 0.3) is 0 Å². The van der Waals surface area contributed by atoms with Crippen LogP contribution in [-0.2, 0) is 17.9 Å². The molecule has 0 radical (unpaired) electrons. The van der Waals surface area contributed by atoms with E-state index >= 15 is 0 Å². The number of carbonyl (C=O) groups is 2. The Morgan fingerprint density at radius 1 is 0.935 bits per heavy atom. The molecule has 164 valence electrons. The molecule has 0 unspecified atom stereocenters. The van der Waals surface area contributed by atoms with Gasteiger partial charge in [0.05, 0.1) is 6.10 Å². The van der Waals surface area contributed by atoms with E-state index in [-0.39, 0.29) is 17.9 Å². The van der Waals surface area contributed by atoms with Gasteiger partial charge in [0.15, 0.2) is 0 Å². The average molecular weight is 422 g/mol. The lowest BCUT2D eigenvalue weighted by molar-refractivity contribution is -0.119. The van der Waals surface area contributed by atoms with Gasteiger partial charge in [-0.1, -0.05) is 24.3 Å². The van der Waals surface area contributed by atoms with Gasteiger partial charge in [-0.2, -0.15) is 0 Å². The highest BCUT2D eigenvalue weighted by Crippen LogP contribution is 2.21. The number of amides is 2. The molecule has 2 aliphatic rings. The van der Waals surface area contributed by atoms with Crippen LogP contribution in [0.1, 0.15) is 53.6 Å². The predicted molar refractivity (Wildman–Crippen MR) is 121 cm³/mol. The van der Waals surface area contributed by atoms with Gasteiger partial charge in [-0.3, -0.25) is 14.5 Å². The normalized spacial score (nSPS) is 18.2. The number of nitrogens with zero attached hydrogens (tertiary/aromatic N) is 2. The Balaban J connectivity index is 1.27. The Hall–Kier alpha value is -2.70. The number of rotatable bonds is 6. The Morgan fingerprint density at radius 2 is 1.61 bits per heavy atom. The number of carbonyl (C=O) groups excluding carboxylic acids is 2. The summed E-state index contributed by atoms with van der Waals surface area (Å²) in [6.07, 6.45) is 4.12. The molecule has 2 amide bonds. The highest BCUT2D eigenvalue weighted by atomic mass is 16.3. The largest absolute Gasteiger partial charge is 0.393 e. The average Bonchev–Trinajstić information content (AvgIpc) is 2.80. The number of aliphatic hydroxyl groups is 1. The van der Waals surface area contributed by atoms with Gasteiger partial charge >= 0.3 is 0 Å². The molecule has 0 saturated carbocycles. The molecule has 0 aromatic heterocycles. The van der Waals surface area contributed by atoms with Crippen LogP contribution in [0, 0.1) is 0 Å². The smallest absolute Gasteiger partial charge is 0.251 e. The van der Waals surface area contributed by atoms with Gasteiger partial charge in [0.1, 0.15) is 0 Å². The first-order chi connectivity index (χ1) is 15.1. The maximum absolute atomic E-state index is 12.5. The summed E-state index contributed by atoms with van der Waals surface area (Å²) in [5, 5.41) is 12.6. The summed E-state index contributed by atoms with van der Waals surface area (Å²) in [4.78, 5) is 28.7. The summed E-state index contributed by atoms with van der Waals surface area (Å²) in [7, 11) is 0. The molecule has 0 aliphatic carbocycles. The molecular weight excluding hydrogens is 390 g/mol. The minimum absolute atomic E-state index is 0.118. The van der Waals surface area contributed by atoms with Crippen molar-refractivity contribution in [3.8, 4) is 0 Å². The van der Waals surface area contributed by atoms with E-state index in [2.05, 4.69) is 34.5 Å². The molecule has 2 aliphatic heterocycles. The second kappa shape index (κ2) is 10.1. The third kappa shape index (κ3) is 5.71. The van der Waals surface area contributed by atoms with Crippen molar-refractivity contribution in [2.45, 2.75) is 51.3 Å². The van der Waals surface area contributed by atoms with Gasteiger partial charge in [0, 0.05) is 50.4 Å². The van der Waals surface area contributed by atoms with Crippen LogP contribution in [0.5, 0.6) is 0 Å². The minimum Gasteiger partial charge on any atom is -0.393 e. The molecule has 0 bridgehead atoms.